The maximum Gasteiger partial charge on any atom is 0.307 e. The van der Waals surface area contributed by atoms with Crippen molar-refractivity contribution >= 4 is 15.5 Å². The van der Waals surface area contributed by atoms with Crippen LogP contribution in [0.25, 0.3) is 4.85 Å². The van der Waals surface area contributed by atoms with Gasteiger partial charge in [-0.25, -0.2) is 26.4 Å². The van der Waals surface area contributed by atoms with Gasteiger partial charge in [-0.1, -0.05) is 0 Å². The number of aliphatic hydroxyl groups is 2. The van der Waals surface area contributed by atoms with Gasteiger partial charge in [-0.3, -0.25) is 0 Å². The first-order valence-electron chi connectivity index (χ1n) is 7.43. The SMILES string of the molecule is [C-]#[N+]c1cc(F)cc(Oc2ccc(S(C)(=O)=O)c3c2[C@@H](O)C(F)(F)[C@H]3O)c1. The summed E-state index contributed by atoms with van der Waals surface area (Å²) in [5.41, 5.74) is -1.39. The van der Waals surface area contributed by atoms with Gasteiger partial charge in [-0.15, -0.1) is 0 Å². The van der Waals surface area contributed by atoms with Crippen molar-refractivity contribution in [2.75, 3.05) is 6.26 Å². The molecule has 0 saturated carbocycles. The molecule has 2 aromatic rings. The van der Waals surface area contributed by atoms with Crippen molar-refractivity contribution in [2.45, 2.75) is 23.0 Å². The number of rotatable bonds is 3. The topological polar surface area (TPSA) is 88.2 Å². The van der Waals surface area contributed by atoms with Crippen LogP contribution in [0.1, 0.15) is 23.3 Å². The standard InChI is InChI=1S/C17H12F3NO5S/c1-21-9-5-8(18)6-10(7-9)26-11-3-4-12(27(2,24)25)14-13(11)15(22)17(19,20)16(14)23/h3-7,15-16,22-23H,2H3/t15-,16+/m1/s1. The molecule has 0 heterocycles. The Morgan fingerprint density at radius 1 is 1.15 bits per heavy atom. The van der Waals surface area contributed by atoms with E-state index >= 15 is 0 Å². The van der Waals surface area contributed by atoms with Crippen molar-refractivity contribution in [3.8, 4) is 11.5 Å². The third-order valence-electron chi connectivity index (χ3n) is 4.10. The summed E-state index contributed by atoms with van der Waals surface area (Å²) >= 11 is 0. The fourth-order valence-corrected chi connectivity index (χ4v) is 3.84. The number of ether oxygens (including phenoxy) is 1. The highest BCUT2D eigenvalue weighted by Gasteiger charge is 2.57. The Bertz CT molecular complexity index is 1080. The number of nitrogens with zero attached hydrogens (tertiary/aromatic N) is 1. The summed E-state index contributed by atoms with van der Waals surface area (Å²) in [5.74, 6) is -5.46. The predicted octanol–water partition coefficient (Wildman–Crippen LogP) is 3.29. The molecule has 0 radical (unpaired) electrons. The van der Waals surface area contributed by atoms with Crippen molar-refractivity contribution < 1.29 is 36.5 Å². The maximum absolute atomic E-state index is 14.1. The average Bonchev–Trinajstić information content (AvgIpc) is 2.75. The van der Waals surface area contributed by atoms with E-state index in [1.807, 2.05) is 0 Å². The van der Waals surface area contributed by atoms with Gasteiger partial charge < -0.3 is 14.9 Å². The van der Waals surface area contributed by atoms with E-state index < -0.39 is 49.8 Å². The van der Waals surface area contributed by atoms with E-state index in [1.165, 1.54) is 0 Å². The molecule has 0 aromatic heterocycles. The number of hydrogen-bond donors (Lipinski definition) is 2. The lowest BCUT2D eigenvalue weighted by atomic mass is 10.1. The lowest BCUT2D eigenvalue weighted by molar-refractivity contribution is -0.166. The molecule has 0 saturated heterocycles. The molecular formula is C17H12F3NO5S. The molecule has 0 spiro atoms. The third kappa shape index (κ3) is 3.14. The average molecular weight is 399 g/mol. The fourth-order valence-electron chi connectivity index (χ4n) is 2.91. The molecular weight excluding hydrogens is 387 g/mol. The second-order valence-electron chi connectivity index (χ2n) is 6.00. The molecule has 0 unspecified atom stereocenters. The fraction of sp³-hybridized carbons (Fsp3) is 0.235. The Balaban J connectivity index is 2.21. The molecule has 6 nitrogen and oxygen atoms in total. The minimum atomic E-state index is -4.05. The number of benzene rings is 2. The van der Waals surface area contributed by atoms with Crippen LogP contribution in [0.15, 0.2) is 35.2 Å². The van der Waals surface area contributed by atoms with Gasteiger partial charge >= 0.3 is 5.92 Å². The molecule has 1 aliphatic rings. The normalized spacial score (nSPS) is 20.8. The number of fused-ring (bicyclic) bond motifs is 1. The lowest BCUT2D eigenvalue weighted by Gasteiger charge is -2.18. The van der Waals surface area contributed by atoms with Crippen LogP contribution in [0.5, 0.6) is 11.5 Å². The highest BCUT2D eigenvalue weighted by atomic mass is 32.2. The Morgan fingerprint density at radius 3 is 2.37 bits per heavy atom. The molecule has 1 aliphatic carbocycles. The maximum atomic E-state index is 14.1. The van der Waals surface area contributed by atoms with Crippen molar-refractivity contribution in [3.63, 3.8) is 0 Å². The summed E-state index contributed by atoms with van der Waals surface area (Å²) in [7, 11) is -4.00. The molecule has 0 fully saturated rings. The van der Waals surface area contributed by atoms with E-state index in [0.29, 0.717) is 0 Å². The first-order valence-corrected chi connectivity index (χ1v) is 9.32. The van der Waals surface area contributed by atoms with E-state index in [-0.39, 0.29) is 17.2 Å². The predicted molar refractivity (Wildman–Crippen MR) is 87.2 cm³/mol. The van der Waals surface area contributed by atoms with Crippen molar-refractivity contribution in [2.24, 2.45) is 0 Å². The molecule has 142 valence electrons. The summed E-state index contributed by atoms with van der Waals surface area (Å²) in [5, 5.41) is 19.9. The molecule has 2 atom stereocenters. The van der Waals surface area contributed by atoms with E-state index in [0.717, 1.165) is 36.6 Å². The van der Waals surface area contributed by atoms with Crippen molar-refractivity contribution in [1.29, 1.82) is 0 Å². The number of hydrogen-bond acceptors (Lipinski definition) is 5. The molecule has 0 amide bonds. The van der Waals surface area contributed by atoms with Gasteiger partial charge in [0.2, 0.25) is 0 Å². The first kappa shape index (κ1) is 19.2. The van der Waals surface area contributed by atoms with E-state index in [4.69, 9.17) is 11.3 Å². The third-order valence-corrected chi connectivity index (χ3v) is 5.25. The van der Waals surface area contributed by atoms with Crippen LogP contribution in [0.4, 0.5) is 18.9 Å². The molecule has 3 rings (SSSR count). The Hall–Kier alpha value is -2.61. The van der Waals surface area contributed by atoms with Gasteiger partial charge in [0.15, 0.2) is 15.5 Å². The van der Waals surface area contributed by atoms with Crippen LogP contribution in [0.3, 0.4) is 0 Å². The second-order valence-corrected chi connectivity index (χ2v) is 7.98. The largest absolute Gasteiger partial charge is 0.458 e. The second kappa shape index (κ2) is 6.23. The molecule has 0 bridgehead atoms. The van der Waals surface area contributed by atoms with E-state index in [9.17, 15) is 31.8 Å². The smallest absolute Gasteiger partial charge is 0.307 e. The van der Waals surface area contributed by atoms with Gasteiger partial charge in [0.05, 0.1) is 11.5 Å². The Morgan fingerprint density at radius 2 is 1.78 bits per heavy atom. The molecule has 27 heavy (non-hydrogen) atoms. The Kier molecular flexibility index (Phi) is 4.42. The minimum Gasteiger partial charge on any atom is -0.458 e. The number of sulfone groups is 1. The van der Waals surface area contributed by atoms with Gasteiger partial charge in [0.25, 0.3) is 0 Å². The van der Waals surface area contributed by atoms with Gasteiger partial charge in [-0.2, -0.15) is 0 Å². The van der Waals surface area contributed by atoms with Gasteiger partial charge in [-0.05, 0) is 24.3 Å². The van der Waals surface area contributed by atoms with Crippen LogP contribution in [0, 0.1) is 12.4 Å². The highest BCUT2D eigenvalue weighted by Crippen LogP contribution is 2.55. The zero-order valence-corrected chi connectivity index (χ0v) is 14.5. The summed E-state index contributed by atoms with van der Waals surface area (Å²) in [4.78, 5) is 2.47. The Labute approximate surface area is 152 Å². The van der Waals surface area contributed by atoms with Crippen molar-refractivity contribution in [3.05, 3.63) is 58.7 Å². The van der Waals surface area contributed by atoms with Crippen LogP contribution < -0.4 is 4.74 Å². The van der Waals surface area contributed by atoms with Crippen molar-refractivity contribution in [1.82, 2.24) is 0 Å². The minimum absolute atomic E-state index is 0.111. The van der Waals surface area contributed by atoms with Crippen LogP contribution in [-0.2, 0) is 9.84 Å². The van der Waals surface area contributed by atoms with E-state index in [1.54, 1.807) is 0 Å². The van der Waals surface area contributed by atoms with Crippen LogP contribution in [0.2, 0.25) is 0 Å². The number of alkyl halides is 2. The van der Waals surface area contributed by atoms with E-state index in [2.05, 4.69) is 4.85 Å². The molecule has 2 N–H and O–H groups in total. The molecule has 10 heteroatoms. The summed E-state index contributed by atoms with van der Waals surface area (Å²) in [6, 6.07) is 4.94. The summed E-state index contributed by atoms with van der Waals surface area (Å²) in [6.45, 7) is 6.91. The first-order chi connectivity index (χ1) is 12.5. The van der Waals surface area contributed by atoms with Gasteiger partial charge in [0, 0.05) is 23.4 Å². The lowest BCUT2D eigenvalue weighted by Crippen LogP contribution is -2.26. The number of aliphatic hydroxyl groups excluding tert-OH is 2. The number of halogens is 3. The monoisotopic (exact) mass is 399 g/mol. The molecule has 0 aliphatic heterocycles. The molecule has 2 aromatic carbocycles. The quantitative estimate of drug-likeness (QED) is 0.774. The van der Waals surface area contributed by atoms with Crippen LogP contribution in [-0.4, -0.2) is 30.8 Å². The summed E-state index contributed by atoms with van der Waals surface area (Å²) < 4.78 is 71.0. The highest BCUT2D eigenvalue weighted by molar-refractivity contribution is 7.90. The zero-order chi connectivity index (χ0) is 20.1. The van der Waals surface area contributed by atoms with Crippen LogP contribution >= 0.6 is 0 Å². The zero-order valence-electron chi connectivity index (χ0n) is 13.6. The summed E-state index contributed by atoms with van der Waals surface area (Å²) in [6.07, 6.45) is -4.33. The van der Waals surface area contributed by atoms with Gasteiger partial charge in [0.1, 0.15) is 29.5 Å².